The van der Waals surface area contributed by atoms with Gasteiger partial charge in [0, 0.05) is 6.08 Å². The summed E-state index contributed by atoms with van der Waals surface area (Å²) in [6.07, 6.45) is 15.3. The van der Waals surface area contributed by atoms with E-state index in [1.54, 1.807) is 29.8 Å². The maximum atomic E-state index is 12.9. The zero-order chi connectivity index (χ0) is 32.0. The summed E-state index contributed by atoms with van der Waals surface area (Å²) in [5, 5.41) is 9.86. The van der Waals surface area contributed by atoms with E-state index in [4.69, 9.17) is 9.47 Å². The summed E-state index contributed by atoms with van der Waals surface area (Å²) in [6.45, 7) is 21.6. The van der Waals surface area contributed by atoms with Gasteiger partial charge < -0.3 is 14.6 Å². The van der Waals surface area contributed by atoms with E-state index in [-0.39, 0.29) is 23.2 Å². The lowest BCUT2D eigenvalue weighted by atomic mass is 9.45. The van der Waals surface area contributed by atoms with E-state index in [0.29, 0.717) is 34.3 Å². The molecule has 4 heteroatoms. The fraction of sp³-hybridized carbons (Fsp3) is 0.675. The van der Waals surface area contributed by atoms with Crippen LogP contribution < -0.4 is 4.74 Å². The zero-order valence-corrected chi connectivity index (χ0v) is 28.8. The molecule has 1 aromatic rings. The summed E-state index contributed by atoms with van der Waals surface area (Å²) < 4.78 is 11.3. The monoisotopic (exact) mass is 602 g/mol. The highest BCUT2D eigenvalue weighted by Gasteiger charge is 2.62. The van der Waals surface area contributed by atoms with Gasteiger partial charge in [-0.25, -0.2) is 4.79 Å². The number of allylic oxidation sites excluding steroid dienone is 3. The maximum absolute atomic E-state index is 12.9. The molecule has 4 nitrogen and oxygen atoms in total. The zero-order valence-electron chi connectivity index (χ0n) is 28.8. The van der Waals surface area contributed by atoms with Gasteiger partial charge in [0.1, 0.15) is 6.10 Å². The summed E-state index contributed by atoms with van der Waals surface area (Å²) >= 11 is 0. The number of rotatable bonds is 9. The van der Waals surface area contributed by atoms with Crippen molar-refractivity contribution in [2.75, 3.05) is 7.11 Å². The molecule has 1 aromatic carbocycles. The summed E-state index contributed by atoms with van der Waals surface area (Å²) in [7, 11) is 1.52. The fourth-order valence-electron chi connectivity index (χ4n) is 10.5. The number of phenols is 1. The van der Waals surface area contributed by atoms with Crippen LogP contribution in [0.4, 0.5) is 0 Å². The fourth-order valence-corrected chi connectivity index (χ4v) is 10.5. The number of ether oxygens (including phenoxy) is 2. The standard InChI is InChI=1S/C40H58O4/c1-25(2)26(3)10-11-27(4)30-18-22-40(8)33-15-14-31-28(5)35(20-21-38(31,6)32(33)19-23-39(30,40)7)44-37(42)17-13-29-12-16-34(41)36(24-29)43-9/h12-13,16-17,24-25,27-28,30-31,35,41H,3,10-11,14-15,18-23H2,1-2,4-9H3/b17-13+/t27-,28+,30-,31+,35+,38+,39-,40+/m1/s1. The first kappa shape index (κ1) is 32.9. The number of hydrogen-bond donors (Lipinski definition) is 1. The number of hydrogen-bond acceptors (Lipinski definition) is 4. The molecule has 0 spiro atoms. The number of carbonyl (C=O) groups is 1. The predicted octanol–water partition coefficient (Wildman–Crippen LogP) is 10.3. The molecule has 2 saturated carbocycles. The molecule has 4 aliphatic rings. The Hall–Kier alpha value is -2.49. The van der Waals surface area contributed by atoms with Gasteiger partial charge >= 0.3 is 5.97 Å². The second-order valence-electron chi connectivity index (χ2n) is 15.9. The quantitative estimate of drug-likeness (QED) is 0.174. The molecule has 0 unspecified atom stereocenters. The Balaban J connectivity index is 1.28. The number of fused-ring (bicyclic) bond motifs is 4. The van der Waals surface area contributed by atoms with Crippen LogP contribution >= 0.6 is 0 Å². The second-order valence-corrected chi connectivity index (χ2v) is 15.9. The third-order valence-electron chi connectivity index (χ3n) is 13.6. The Morgan fingerprint density at radius 1 is 1.07 bits per heavy atom. The van der Waals surface area contributed by atoms with E-state index in [1.165, 1.54) is 70.1 Å². The first-order valence-electron chi connectivity index (χ1n) is 17.4. The van der Waals surface area contributed by atoms with E-state index < -0.39 is 0 Å². The Labute approximate surface area is 267 Å². The molecule has 4 aliphatic carbocycles. The van der Waals surface area contributed by atoms with Crippen LogP contribution in [0.5, 0.6) is 11.5 Å². The SMILES string of the molecule is C=C(CC[C@@H](C)[C@H]1CC[C@@]2(C)C3=C(CC[C@]12C)[C@@]1(C)CC[C@H](OC(=O)/C=C/c2ccc(O)c(OC)c2)[C@@H](C)[C@@H]1CC3)C(C)C. The van der Waals surface area contributed by atoms with Crippen molar-refractivity contribution in [3.05, 3.63) is 53.1 Å². The highest BCUT2D eigenvalue weighted by molar-refractivity contribution is 5.87. The van der Waals surface area contributed by atoms with Crippen molar-refractivity contribution < 1.29 is 19.4 Å². The van der Waals surface area contributed by atoms with Gasteiger partial charge in [-0.05, 0) is 134 Å². The number of esters is 1. The Morgan fingerprint density at radius 3 is 2.52 bits per heavy atom. The second kappa shape index (κ2) is 12.4. The van der Waals surface area contributed by atoms with Crippen molar-refractivity contribution in [1.82, 2.24) is 0 Å². The van der Waals surface area contributed by atoms with Gasteiger partial charge in [0.05, 0.1) is 7.11 Å². The van der Waals surface area contributed by atoms with Crippen molar-refractivity contribution in [1.29, 1.82) is 0 Å². The highest BCUT2D eigenvalue weighted by Crippen LogP contribution is 2.71. The van der Waals surface area contributed by atoms with Crippen LogP contribution in [0.3, 0.4) is 0 Å². The topological polar surface area (TPSA) is 55.8 Å². The molecule has 0 aromatic heterocycles. The van der Waals surface area contributed by atoms with E-state index in [0.717, 1.165) is 30.2 Å². The van der Waals surface area contributed by atoms with Crippen molar-refractivity contribution >= 4 is 12.0 Å². The molecule has 5 rings (SSSR count). The number of benzene rings is 1. The smallest absolute Gasteiger partial charge is 0.331 e. The van der Waals surface area contributed by atoms with Crippen LogP contribution in [0, 0.1) is 45.8 Å². The molecule has 0 amide bonds. The van der Waals surface area contributed by atoms with Crippen molar-refractivity contribution in [2.45, 2.75) is 119 Å². The number of phenolic OH excluding ortho intramolecular Hbond substituents is 1. The molecule has 2 fully saturated rings. The van der Waals surface area contributed by atoms with E-state index >= 15 is 0 Å². The molecule has 0 heterocycles. The van der Waals surface area contributed by atoms with Crippen LogP contribution in [0.25, 0.3) is 6.08 Å². The Morgan fingerprint density at radius 2 is 1.82 bits per heavy atom. The summed E-state index contributed by atoms with van der Waals surface area (Å²) in [5.74, 6) is 3.16. The lowest BCUT2D eigenvalue weighted by Gasteiger charge is -2.60. The Bertz CT molecular complexity index is 1320. The molecule has 8 atom stereocenters. The van der Waals surface area contributed by atoms with E-state index in [9.17, 15) is 9.90 Å². The summed E-state index contributed by atoms with van der Waals surface area (Å²) in [5.41, 5.74) is 6.69. The summed E-state index contributed by atoms with van der Waals surface area (Å²) in [6, 6.07) is 5.05. The first-order valence-corrected chi connectivity index (χ1v) is 17.4. The lowest BCUT2D eigenvalue weighted by molar-refractivity contribution is -0.152. The molecule has 1 N–H and O–H groups in total. The Kier molecular flexibility index (Phi) is 9.24. The molecule has 0 saturated heterocycles. The van der Waals surface area contributed by atoms with Crippen LogP contribution in [0.15, 0.2) is 47.6 Å². The van der Waals surface area contributed by atoms with Gasteiger partial charge in [-0.2, -0.15) is 0 Å². The van der Waals surface area contributed by atoms with Gasteiger partial charge in [-0.3, -0.25) is 0 Å². The highest BCUT2D eigenvalue weighted by atomic mass is 16.5. The molecule has 0 bridgehead atoms. The maximum Gasteiger partial charge on any atom is 0.331 e. The minimum atomic E-state index is -0.294. The largest absolute Gasteiger partial charge is 0.504 e. The molecule has 0 aliphatic heterocycles. The average Bonchev–Trinajstić information content (AvgIpc) is 3.27. The molecule has 44 heavy (non-hydrogen) atoms. The molecular weight excluding hydrogens is 544 g/mol. The minimum absolute atomic E-state index is 0.0523. The average molecular weight is 603 g/mol. The van der Waals surface area contributed by atoms with Crippen molar-refractivity contribution in [3.63, 3.8) is 0 Å². The predicted molar refractivity (Wildman–Crippen MR) is 180 cm³/mol. The van der Waals surface area contributed by atoms with E-state index in [2.05, 4.69) is 55.0 Å². The molecule has 0 radical (unpaired) electrons. The molecular formula is C40H58O4. The van der Waals surface area contributed by atoms with Gasteiger partial charge in [0.2, 0.25) is 0 Å². The summed E-state index contributed by atoms with van der Waals surface area (Å²) in [4.78, 5) is 12.9. The van der Waals surface area contributed by atoms with Crippen LogP contribution in [0.2, 0.25) is 0 Å². The van der Waals surface area contributed by atoms with Crippen LogP contribution in [0.1, 0.15) is 118 Å². The first-order chi connectivity index (χ1) is 20.7. The van der Waals surface area contributed by atoms with Gasteiger partial charge in [-0.15, -0.1) is 0 Å². The van der Waals surface area contributed by atoms with Gasteiger partial charge in [-0.1, -0.05) is 77.8 Å². The van der Waals surface area contributed by atoms with Crippen molar-refractivity contribution in [3.8, 4) is 11.5 Å². The third kappa shape index (κ3) is 5.58. The lowest BCUT2D eigenvalue weighted by Crippen LogP contribution is -2.52. The van der Waals surface area contributed by atoms with Crippen LogP contribution in [-0.2, 0) is 9.53 Å². The van der Waals surface area contributed by atoms with Gasteiger partial charge in [0.25, 0.3) is 0 Å². The number of aromatic hydroxyl groups is 1. The van der Waals surface area contributed by atoms with E-state index in [1.807, 2.05) is 5.57 Å². The normalized spacial score (nSPS) is 35.7. The third-order valence-corrected chi connectivity index (χ3v) is 13.6. The van der Waals surface area contributed by atoms with Crippen molar-refractivity contribution in [2.24, 2.45) is 45.8 Å². The number of carbonyl (C=O) groups excluding carboxylic acids is 1. The molecule has 242 valence electrons. The number of methoxy groups -OCH3 is 1. The minimum Gasteiger partial charge on any atom is -0.504 e. The van der Waals surface area contributed by atoms with Gasteiger partial charge in [0.15, 0.2) is 11.5 Å². The van der Waals surface area contributed by atoms with Crippen LogP contribution in [-0.4, -0.2) is 24.3 Å².